The zero-order chi connectivity index (χ0) is 20.3. The fraction of sp³-hybridized carbons (Fsp3) is 0.400. The first-order valence-corrected chi connectivity index (χ1v) is 9.10. The first kappa shape index (κ1) is 20.1. The van der Waals surface area contributed by atoms with E-state index in [0.29, 0.717) is 30.3 Å². The number of nitrogens with two attached hydrogens (primary N) is 1. The van der Waals surface area contributed by atoms with Crippen LogP contribution in [0.3, 0.4) is 0 Å². The lowest BCUT2D eigenvalue weighted by atomic mass is 9.92. The van der Waals surface area contributed by atoms with Crippen LogP contribution in [0.15, 0.2) is 42.6 Å². The van der Waals surface area contributed by atoms with Crippen LogP contribution < -0.4 is 10.5 Å². The number of carbonyl (C=O) groups is 1. The molecule has 1 fully saturated rings. The van der Waals surface area contributed by atoms with Crippen molar-refractivity contribution in [2.75, 3.05) is 13.1 Å². The number of likely N-dealkylation sites (tertiary alicyclic amines) is 1. The molecule has 1 amide bonds. The van der Waals surface area contributed by atoms with E-state index in [1.165, 1.54) is 0 Å². The highest BCUT2D eigenvalue weighted by Crippen LogP contribution is 2.30. The average molecular weight is 393 g/mol. The summed E-state index contributed by atoms with van der Waals surface area (Å²) in [5.74, 6) is 0.661. The van der Waals surface area contributed by atoms with E-state index in [0.717, 1.165) is 31.2 Å². The van der Waals surface area contributed by atoms with E-state index < -0.39 is 11.7 Å². The number of piperidine rings is 1. The summed E-state index contributed by atoms with van der Waals surface area (Å²) in [5.41, 5.74) is 5.66. The van der Waals surface area contributed by atoms with Crippen LogP contribution in [0, 0.1) is 5.92 Å². The molecule has 2 aromatic rings. The van der Waals surface area contributed by atoms with Crippen LogP contribution in [-0.2, 0) is 6.18 Å². The summed E-state index contributed by atoms with van der Waals surface area (Å²) in [5, 5.41) is 0. The third-order valence-electron chi connectivity index (χ3n) is 4.88. The minimum atomic E-state index is -4.44. The maximum Gasteiger partial charge on any atom is 0.417 e. The number of aromatic nitrogens is 1. The van der Waals surface area contributed by atoms with Crippen LogP contribution >= 0.6 is 0 Å². The Hall–Kier alpha value is -2.61. The minimum absolute atomic E-state index is 0.0441. The van der Waals surface area contributed by atoms with Gasteiger partial charge in [-0.25, -0.2) is 4.98 Å². The van der Waals surface area contributed by atoms with E-state index in [9.17, 15) is 18.0 Å². The Morgan fingerprint density at radius 3 is 2.54 bits per heavy atom. The zero-order valence-electron chi connectivity index (χ0n) is 15.4. The van der Waals surface area contributed by atoms with Crippen molar-refractivity contribution in [1.82, 2.24) is 9.88 Å². The van der Waals surface area contributed by atoms with Crippen LogP contribution in [0.25, 0.3) is 0 Å². The number of carbonyl (C=O) groups excluding carboxylic acids is 1. The molecule has 2 unspecified atom stereocenters. The van der Waals surface area contributed by atoms with Gasteiger partial charge < -0.3 is 15.4 Å². The second kappa shape index (κ2) is 8.18. The number of ether oxygens (including phenoxy) is 1. The van der Waals surface area contributed by atoms with E-state index in [-0.39, 0.29) is 17.8 Å². The van der Waals surface area contributed by atoms with Crippen molar-refractivity contribution in [1.29, 1.82) is 0 Å². The summed E-state index contributed by atoms with van der Waals surface area (Å²) in [4.78, 5) is 18.2. The molecular weight excluding hydrogens is 371 g/mol. The standard InChI is InChI=1S/C20H22F3N3O2/c1-13(24)15-3-2-10-26(12-15)19(27)14-4-7-17(8-5-14)28-18-9-6-16(11-25-18)20(21,22)23/h4-9,11,13,15H,2-3,10,12,24H2,1H3. The highest BCUT2D eigenvalue weighted by Gasteiger charge is 2.30. The van der Waals surface area contributed by atoms with Crippen molar-refractivity contribution < 1.29 is 22.7 Å². The van der Waals surface area contributed by atoms with Crippen LogP contribution in [0.2, 0.25) is 0 Å². The Morgan fingerprint density at radius 2 is 1.96 bits per heavy atom. The van der Waals surface area contributed by atoms with Crippen LogP contribution in [0.4, 0.5) is 13.2 Å². The fourth-order valence-electron chi connectivity index (χ4n) is 3.20. The summed E-state index contributed by atoms with van der Waals surface area (Å²) in [6.07, 6.45) is -1.77. The molecule has 1 saturated heterocycles. The largest absolute Gasteiger partial charge is 0.439 e. The molecule has 0 aliphatic carbocycles. The average Bonchev–Trinajstić information content (AvgIpc) is 2.68. The normalized spacial score (nSPS) is 18.6. The molecule has 0 saturated carbocycles. The fourth-order valence-corrected chi connectivity index (χ4v) is 3.20. The smallest absolute Gasteiger partial charge is 0.417 e. The van der Waals surface area contributed by atoms with Gasteiger partial charge in [-0.05, 0) is 56.0 Å². The van der Waals surface area contributed by atoms with Crippen molar-refractivity contribution in [3.05, 3.63) is 53.7 Å². The molecule has 2 atom stereocenters. The quantitative estimate of drug-likeness (QED) is 0.850. The van der Waals surface area contributed by atoms with Crippen molar-refractivity contribution in [3.8, 4) is 11.6 Å². The van der Waals surface area contributed by atoms with Gasteiger partial charge in [0.1, 0.15) is 5.75 Å². The number of rotatable bonds is 4. The molecule has 0 radical (unpaired) electrons. The summed E-state index contributed by atoms with van der Waals surface area (Å²) in [7, 11) is 0. The first-order chi connectivity index (χ1) is 13.2. The van der Waals surface area contributed by atoms with Crippen molar-refractivity contribution >= 4 is 5.91 Å². The van der Waals surface area contributed by atoms with Gasteiger partial charge in [-0.2, -0.15) is 13.2 Å². The molecule has 5 nitrogen and oxygen atoms in total. The number of hydrogen-bond donors (Lipinski definition) is 1. The number of hydrogen-bond acceptors (Lipinski definition) is 4. The first-order valence-electron chi connectivity index (χ1n) is 9.10. The number of halogens is 3. The predicted molar refractivity (Wildman–Crippen MR) is 98.0 cm³/mol. The summed E-state index contributed by atoms with van der Waals surface area (Å²) in [6.45, 7) is 3.31. The van der Waals surface area contributed by atoms with E-state index in [2.05, 4.69) is 4.98 Å². The summed E-state index contributed by atoms with van der Waals surface area (Å²) >= 11 is 0. The van der Waals surface area contributed by atoms with Gasteiger partial charge in [-0.3, -0.25) is 4.79 Å². The van der Waals surface area contributed by atoms with Gasteiger partial charge in [0.15, 0.2) is 0 Å². The van der Waals surface area contributed by atoms with E-state index in [4.69, 9.17) is 10.5 Å². The van der Waals surface area contributed by atoms with Crippen molar-refractivity contribution in [2.45, 2.75) is 32.0 Å². The monoisotopic (exact) mass is 393 g/mol. The molecule has 0 spiro atoms. The lowest BCUT2D eigenvalue weighted by Gasteiger charge is -2.34. The SMILES string of the molecule is CC(N)C1CCCN(C(=O)c2ccc(Oc3ccc(C(F)(F)F)cn3)cc2)C1. The molecule has 2 N–H and O–H groups in total. The van der Waals surface area contributed by atoms with Gasteiger partial charge in [-0.1, -0.05) is 0 Å². The molecule has 150 valence electrons. The third kappa shape index (κ3) is 4.81. The molecule has 1 aromatic carbocycles. The topological polar surface area (TPSA) is 68.5 Å². The van der Waals surface area contributed by atoms with Crippen LogP contribution in [0.5, 0.6) is 11.6 Å². The highest BCUT2D eigenvalue weighted by atomic mass is 19.4. The summed E-state index contributed by atoms with van der Waals surface area (Å²) < 4.78 is 43.1. The lowest BCUT2D eigenvalue weighted by Crippen LogP contribution is -2.45. The molecule has 28 heavy (non-hydrogen) atoms. The van der Waals surface area contributed by atoms with E-state index in [1.807, 2.05) is 11.8 Å². The maximum absolute atomic E-state index is 12.7. The Labute approximate surface area is 161 Å². The third-order valence-corrected chi connectivity index (χ3v) is 4.88. The number of pyridine rings is 1. The zero-order valence-corrected chi connectivity index (χ0v) is 15.4. The predicted octanol–water partition coefficient (Wildman–Crippen LogP) is 4.09. The van der Waals surface area contributed by atoms with Gasteiger partial charge in [0, 0.05) is 37.0 Å². The number of alkyl halides is 3. The molecular formula is C20H22F3N3O2. The second-order valence-corrected chi connectivity index (χ2v) is 7.02. The summed E-state index contributed by atoms with van der Waals surface area (Å²) in [6, 6.07) is 8.57. The molecule has 2 heterocycles. The number of benzene rings is 1. The highest BCUT2D eigenvalue weighted by molar-refractivity contribution is 5.94. The van der Waals surface area contributed by atoms with Crippen LogP contribution in [0.1, 0.15) is 35.7 Å². The van der Waals surface area contributed by atoms with Gasteiger partial charge in [-0.15, -0.1) is 0 Å². The molecule has 1 aliphatic rings. The van der Waals surface area contributed by atoms with Gasteiger partial charge in [0.05, 0.1) is 5.56 Å². The van der Waals surface area contributed by atoms with E-state index in [1.54, 1.807) is 24.3 Å². The van der Waals surface area contributed by atoms with Crippen LogP contribution in [-0.4, -0.2) is 34.9 Å². The Kier molecular flexibility index (Phi) is 5.88. The van der Waals surface area contributed by atoms with Crippen molar-refractivity contribution in [3.63, 3.8) is 0 Å². The molecule has 8 heteroatoms. The lowest BCUT2D eigenvalue weighted by molar-refractivity contribution is -0.137. The second-order valence-electron chi connectivity index (χ2n) is 7.02. The number of amides is 1. The molecule has 1 aliphatic heterocycles. The van der Waals surface area contributed by atoms with Gasteiger partial charge >= 0.3 is 6.18 Å². The Morgan fingerprint density at radius 1 is 1.25 bits per heavy atom. The Balaban J connectivity index is 1.64. The molecule has 1 aromatic heterocycles. The van der Waals surface area contributed by atoms with E-state index >= 15 is 0 Å². The Bertz CT molecular complexity index is 805. The minimum Gasteiger partial charge on any atom is -0.439 e. The van der Waals surface area contributed by atoms with Gasteiger partial charge in [0.2, 0.25) is 5.88 Å². The molecule has 0 bridgehead atoms. The molecule has 3 rings (SSSR count). The van der Waals surface area contributed by atoms with Crippen molar-refractivity contribution in [2.24, 2.45) is 11.7 Å². The van der Waals surface area contributed by atoms with Gasteiger partial charge in [0.25, 0.3) is 5.91 Å². The number of nitrogens with zero attached hydrogens (tertiary/aromatic N) is 2. The maximum atomic E-state index is 12.7.